The average Bonchev–Trinajstić information content (AvgIpc) is 2.60. The van der Waals surface area contributed by atoms with Crippen LogP contribution in [0.1, 0.15) is 47.0 Å². The number of hydrogen-bond acceptors (Lipinski definition) is 1. The minimum absolute atomic E-state index is 1.07. The van der Waals surface area contributed by atoms with E-state index in [0.717, 1.165) is 6.42 Å². The highest BCUT2D eigenvalue weighted by molar-refractivity contribution is 8.06. The molecule has 1 heteroatoms. The van der Waals surface area contributed by atoms with Gasteiger partial charge in [0.25, 0.3) is 0 Å². The van der Waals surface area contributed by atoms with Gasteiger partial charge in [0.1, 0.15) is 0 Å². The average molecular weight is 260 g/mol. The first-order valence-electron chi connectivity index (χ1n) is 6.82. The molecule has 0 atom stereocenters. The van der Waals surface area contributed by atoms with Gasteiger partial charge in [-0.1, -0.05) is 73.2 Å². The highest BCUT2D eigenvalue weighted by Gasteiger charge is 2.06. The Labute approximate surface area is 116 Å². The smallest absolute Gasteiger partial charge is 0.00306 e. The summed E-state index contributed by atoms with van der Waals surface area (Å²) in [4.78, 5) is 2.95. The highest BCUT2D eigenvalue weighted by atomic mass is 32.2. The standard InChI is InChI=1S/C15H18S.C2H6/c1-12-4-3-5-14(9-6-12)16-15-10-7-13(2)8-11-15;1-2/h3-4,6-7,9-10H,5,8,11H2,1-2H3;1-2H3. The summed E-state index contributed by atoms with van der Waals surface area (Å²) in [6.45, 7) is 8.35. The molecular weight excluding hydrogens is 236 g/mol. The van der Waals surface area contributed by atoms with Crippen molar-refractivity contribution < 1.29 is 0 Å². The van der Waals surface area contributed by atoms with Crippen LogP contribution < -0.4 is 0 Å². The van der Waals surface area contributed by atoms with Crippen LogP contribution in [0, 0.1) is 0 Å². The minimum atomic E-state index is 1.07. The molecule has 2 aliphatic carbocycles. The zero-order chi connectivity index (χ0) is 13.4. The number of rotatable bonds is 2. The SMILES string of the molecule is CC.CC1=CC=C(SC2=CC=C(C)CC2)CC=C1. The van der Waals surface area contributed by atoms with E-state index in [-0.39, 0.29) is 0 Å². The molecule has 0 amide bonds. The van der Waals surface area contributed by atoms with E-state index < -0.39 is 0 Å². The number of hydrogen-bond donors (Lipinski definition) is 0. The van der Waals surface area contributed by atoms with Crippen LogP contribution in [0.15, 0.2) is 57.4 Å². The van der Waals surface area contributed by atoms with Crippen molar-refractivity contribution in [3.05, 3.63) is 57.4 Å². The second-order valence-corrected chi connectivity index (χ2v) is 5.65. The van der Waals surface area contributed by atoms with Crippen LogP contribution in [0.25, 0.3) is 0 Å². The Morgan fingerprint density at radius 3 is 2.28 bits per heavy atom. The fraction of sp³-hybridized carbons (Fsp3) is 0.412. The van der Waals surface area contributed by atoms with E-state index in [0.29, 0.717) is 0 Å². The fourth-order valence-corrected chi connectivity index (χ4v) is 2.75. The van der Waals surface area contributed by atoms with Crippen LogP contribution in [0.3, 0.4) is 0 Å². The Hall–Kier alpha value is -0.950. The summed E-state index contributed by atoms with van der Waals surface area (Å²) in [5, 5.41) is 0. The first-order valence-corrected chi connectivity index (χ1v) is 7.64. The van der Waals surface area contributed by atoms with Gasteiger partial charge < -0.3 is 0 Å². The van der Waals surface area contributed by atoms with E-state index in [4.69, 9.17) is 0 Å². The molecule has 0 bridgehead atoms. The van der Waals surface area contributed by atoms with E-state index in [1.807, 2.05) is 25.6 Å². The summed E-state index contributed by atoms with van der Waals surface area (Å²) in [5.74, 6) is 0. The summed E-state index contributed by atoms with van der Waals surface area (Å²) in [5.41, 5.74) is 2.83. The molecule has 18 heavy (non-hydrogen) atoms. The second kappa shape index (κ2) is 8.20. The van der Waals surface area contributed by atoms with Crippen LogP contribution in [-0.2, 0) is 0 Å². The molecule has 0 nitrogen and oxygen atoms in total. The number of allylic oxidation sites excluding steroid dienone is 10. The fourth-order valence-electron chi connectivity index (χ4n) is 1.76. The van der Waals surface area contributed by atoms with Gasteiger partial charge in [-0.05, 0) is 42.9 Å². The van der Waals surface area contributed by atoms with Crippen molar-refractivity contribution in [3.63, 3.8) is 0 Å². The third-order valence-electron chi connectivity index (χ3n) is 2.81. The molecule has 0 fully saturated rings. The van der Waals surface area contributed by atoms with Gasteiger partial charge in [-0.3, -0.25) is 0 Å². The molecule has 0 heterocycles. The van der Waals surface area contributed by atoms with E-state index in [9.17, 15) is 0 Å². The first kappa shape index (κ1) is 15.1. The lowest BCUT2D eigenvalue weighted by Crippen LogP contribution is -1.88. The molecule has 0 unspecified atom stereocenters. The number of thioether (sulfide) groups is 1. The van der Waals surface area contributed by atoms with Crippen molar-refractivity contribution in [2.24, 2.45) is 0 Å². The third kappa shape index (κ3) is 5.14. The van der Waals surface area contributed by atoms with Crippen molar-refractivity contribution >= 4 is 11.8 Å². The summed E-state index contributed by atoms with van der Waals surface area (Å²) >= 11 is 1.94. The lowest BCUT2D eigenvalue weighted by atomic mass is 10.1. The predicted molar refractivity (Wildman–Crippen MR) is 85.6 cm³/mol. The Kier molecular flexibility index (Phi) is 6.89. The Balaban J connectivity index is 0.000000771. The topological polar surface area (TPSA) is 0 Å². The van der Waals surface area contributed by atoms with Gasteiger partial charge in [0.2, 0.25) is 0 Å². The van der Waals surface area contributed by atoms with Gasteiger partial charge in [-0.2, -0.15) is 0 Å². The maximum absolute atomic E-state index is 2.27. The predicted octanol–water partition coefficient (Wildman–Crippen LogP) is 6.16. The molecule has 0 N–H and O–H groups in total. The van der Waals surface area contributed by atoms with Crippen LogP contribution in [0.5, 0.6) is 0 Å². The monoisotopic (exact) mass is 260 g/mol. The van der Waals surface area contributed by atoms with E-state index >= 15 is 0 Å². The molecule has 2 rings (SSSR count). The van der Waals surface area contributed by atoms with Crippen LogP contribution >= 0.6 is 11.8 Å². The zero-order valence-corrected chi connectivity index (χ0v) is 12.8. The van der Waals surface area contributed by atoms with Crippen molar-refractivity contribution in [2.45, 2.75) is 47.0 Å². The molecular formula is C17H24S. The van der Waals surface area contributed by atoms with Crippen molar-refractivity contribution in [1.82, 2.24) is 0 Å². The molecule has 0 saturated heterocycles. The van der Waals surface area contributed by atoms with Gasteiger partial charge in [-0.15, -0.1) is 0 Å². The Morgan fingerprint density at radius 1 is 0.889 bits per heavy atom. The van der Waals surface area contributed by atoms with E-state index in [1.54, 1.807) is 0 Å². The minimum Gasteiger partial charge on any atom is -0.0987 e. The van der Waals surface area contributed by atoms with Gasteiger partial charge >= 0.3 is 0 Å². The third-order valence-corrected chi connectivity index (χ3v) is 3.98. The van der Waals surface area contributed by atoms with Crippen LogP contribution in [0.4, 0.5) is 0 Å². The molecule has 0 radical (unpaired) electrons. The van der Waals surface area contributed by atoms with Gasteiger partial charge in [0.05, 0.1) is 0 Å². The van der Waals surface area contributed by atoms with E-state index in [1.165, 1.54) is 33.8 Å². The molecule has 0 aromatic rings. The summed E-state index contributed by atoms with van der Waals surface area (Å²) in [7, 11) is 0. The molecule has 0 aromatic heterocycles. The largest absolute Gasteiger partial charge is 0.0987 e. The molecule has 0 aliphatic heterocycles. The first-order chi connectivity index (χ1) is 8.74. The maximum atomic E-state index is 2.27. The van der Waals surface area contributed by atoms with Gasteiger partial charge in [0, 0.05) is 0 Å². The Bertz CT molecular complexity index is 417. The lowest BCUT2D eigenvalue weighted by molar-refractivity contribution is 0.950. The van der Waals surface area contributed by atoms with Crippen molar-refractivity contribution in [3.8, 4) is 0 Å². The van der Waals surface area contributed by atoms with Crippen LogP contribution in [-0.4, -0.2) is 0 Å². The maximum Gasteiger partial charge on any atom is -0.00306 e. The molecule has 0 saturated carbocycles. The van der Waals surface area contributed by atoms with Crippen LogP contribution in [0.2, 0.25) is 0 Å². The molecule has 98 valence electrons. The lowest BCUT2D eigenvalue weighted by Gasteiger charge is -2.12. The molecule has 0 aromatic carbocycles. The van der Waals surface area contributed by atoms with Crippen molar-refractivity contribution in [1.29, 1.82) is 0 Å². The quantitative estimate of drug-likeness (QED) is 0.573. The highest BCUT2D eigenvalue weighted by Crippen LogP contribution is 2.35. The van der Waals surface area contributed by atoms with E-state index in [2.05, 4.69) is 50.3 Å². The normalized spacial score (nSPS) is 18.7. The van der Waals surface area contributed by atoms with Gasteiger partial charge in [0.15, 0.2) is 0 Å². The molecule has 0 spiro atoms. The second-order valence-electron chi connectivity index (χ2n) is 4.40. The Morgan fingerprint density at radius 2 is 1.61 bits per heavy atom. The van der Waals surface area contributed by atoms with Crippen molar-refractivity contribution in [2.75, 3.05) is 0 Å². The summed E-state index contributed by atoms with van der Waals surface area (Å²) < 4.78 is 0. The zero-order valence-electron chi connectivity index (χ0n) is 12.0. The summed E-state index contributed by atoms with van der Waals surface area (Å²) in [6.07, 6.45) is 16.9. The molecule has 2 aliphatic rings. The summed E-state index contributed by atoms with van der Waals surface area (Å²) in [6, 6.07) is 0. The van der Waals surface area contributed by atoms with Gasteiger partial charge in [-0.25, -0.2) is 0 Å².